The molecule has 1 heterocycles. The second-order valence-electron chi connectivity index (χ2n) is 2.89. The van der Waals surface area contributed by atoms with Crippen molar-refractivity contribution in [3.05, 3.63) is 24.0 Å². The number of aromatic amines is 1. The summed E-state index contributed by atoms with van der Waals surface area (Å²) in [6, 6.07) is 2.92. The summed E-state index contributed by atoms with van der Waals surface area (Å²) in [6.07, 6.45) is 1.48. The molecule has 15 heavy (non-hydrogen) atoms. The zero-order valence-electron chi connectivity index (χ0n) is 7.51. The highest BCUT2D eigenvalue weighted by Crippen LogP contribution is 2.25. The second-order valence-corrected chi connectivity index (χ2v) is 3.16. The van der Waals surface area contributed by atoms with Crippen LogP contribution in [0, 0.1) is 0 Å². The molecule has 0 fully saturated rings. The van der Waals surface area contributed by atoms with E-state index in [1.165, 1.54) is 18.5 Å². The van der Waals surface area contributed by atoms with E-state index in [1.807, 2.05) is 0 Å². The molecule has 0 aliphatic heterocycles. The highest BCUT2D eigenvalue weighted by Gasteiger charge is 2.09. The van der Waals surface area contributed by atoms with Crippen LogP contribution in [0.15, 0.2) is 18.5 Å². The third-order valence-electron chi connectivity index (χ3n) is 1.95. The molecule has 1 aromatic carbocycles. The Labute approximate surface area is 89.0 Å². The van der Waals surface area contributed by atoms with Crippen LogP contribution in [0.1, 0.15) is 5.56 Å². The van der Waals surface area contributed by atoms with Crippen LogP contribution in [0.2, 0.25) is 0 Å². The maximum Gasteiger partial charge on any atom is 0.387 e. The van der Waals surface area contributed by atoms with E-state index in [1.54, 1.807) is 0 Å². The lowest BCUT2D eigenvalue weighted by Crippen LogP contribution is -2.02. The van der Waals surface area contributed by atoms with Crippen molar-refractivity contribution in [2.24, 2.45) is 0 Å². The lowest BCUT2D eigenvalue weighted by atomic mass is 10.2. The summed E-state index contributed by atoms with van der Waals surface area (Å²) in [5.41, 5.74) is 1.96. The van der Waals surface area contributed by atoms with Crippen LogP contribution in [-0.4, -0.2) is 16.6 Å². The van der Waals surface area contributed by atoms with Gasteiger partial charge in [-0.15, -0.1) is 11.6 Å². The molecule has 3 nitrogen and oxygen atoms in total. The zero-order valence-corrected chi connectivity index (χ0v) is 8.26. The summed E-state index contributed by atoms with van der Waals surface area (Å²) in [7, 11) is 0. The molecule has 1 N–H and O–H groups in total. The number of ether oxygens (including phenoxy) is 1. The number of hydrogen-bond donors (Lipinski definition) is 1. The molecule has 80 valence electrons. The Hall–Kier alpha value is -1.36. The summed E-state index contributed by atoms with van der Waals surface area (Å²) in [4.78, 5) is 6.84. The van der Waals surface area contributed by atoms with E-state index >= 15 is 0 Å². The van der Waals surface area contributed by atoms with Crippen molar-refractivity contribution in [1.82, 2.24) is 9.97 Å². The van der Waals surface area contributed by atoms with Gasteiger partial charge in [0.2, 0.25) is 0 Å². The quantitative estimate of drug-likeness (QED) is 0.827. The van der Waals surface area contributed by atoms with E-state index in [2.05, 4.69) is 14.7 Å². The largest absolute Gasteiger partial charge is 0.435 e. The third-order valence-corrected chi connectivity index (χ3v) is 2.23. The fourth-order valence-electron chi connectivity index (χ4n) is 1.37. The number of nitrogens with zero attached hydrogens (tertiary/aromatic N) is 1. The lowest BCUT2D eigenvalue weighted by Gasteiger charge is -2.06. The molecule has 0 saturated carbocycles. The zero-order chi connectivity index (χ0) is 10.8. The van der Waals surface area contributed by atoms with Crippen molar-refractivity contribution in [2.45, 2.75) is 12.5 Å². The molecular weight excluding hydrogens is 226 g/mol. The first-order valence-electron chi connectivity index (χ1n) is 4.17. The molecule has 0 saturated heterocycles. The molecule has 0 unspecified atom stereocenters. The summed E-state index contributed by atoms with van der Waals surface area (Å²) in [6.45, 7) is -2.84. The molecule has 2 rings (SSSR count). The molecule has 0 aliphatic carbocycles. The van der Waals surface area contributed by atoms with Crippen molar-refractivity contribution >= 4 is 22.6 Å². The van der Waals surface area contributed by atoms with E-state index in [0.717, 1.165) is 0 Å². The number of halogens is 3. The molecule has 6 heteroatoms. The molecule has 0 spiro atoms. The van der Waals surface area contributed by atoms with E-state index in [4.69, 9.17) is 11.6 Å². The summed E-state index contributed by atoms with van der Waals surface area (Å²) in [5, 5.41) is 0. The highest BCUT2D eigenvalue weighted by atomic mass is 35.5. The number of nitrogens with one attached hydrogen (secondary N) is 1. The minimum absolute atomic E-state index is 0.0809. The number of hydrogen-bond acceptors (Lipinski definition) is 2. The first-order valence-corrected chi connectivity index (χ1v) is 4.71. The number of fused-ring (bicyclic) bond motifs is 1. The number of imidazole rings is 1. The first-order chi connectivity index (χ1) is 7.20. The fourth-order valence-corrected chi connectivity index (χ4v) is 1.57. The SMILES string of the molecule is FC(F)Oc1cc(CCl)c2nc[nH]c2c1. The van der Waals surface area contributed by atoms with Gasteiger partial charge in [0.1, 0.15) is 5.75 Å². The summed E-state index contributed by atoms with van der Waals surface area (Å²) >= 11 is 5.67. The van der Waals surface area contributed by atoms with E-state index in [0.29, 0.717) is 16.6 Å². The van der Waals surface area contributed by atoms with Gasteiger partial charge in [-0.2, -0.15) is 8.78 Å². The number of H-pyrrole nitrogens is 1. The molecule has 2 aromatic rings. The fraction of sp³-hybridized carbons (Fsp3) is 0.222. The smallest absolute Gasteiger partial charge is 0.387 e. The number of benzene rings is 1. The van der Waals surface area contributed by atoms with Gasteiger partial charge < -0.3 is 9.72 Å². The maximum atomic E-state index is 12.0. The monoisotopic (exact) mass is 232 g/mol. The minimum atomic E-state index is -2.84. The van der Waals surface area contributed by atoms with Gasteiger partial charge in [-0.1, -0.05) is 0 Å². The minimum Gasteiger partial charge on any atom is -0.435 e. The Balaban J connectivity index is 2.49. The Morgan fingerprint density at radius 1 is 1.47 bits per heavy atom. The lowest BCUT2D eigenvalue weighted by molar-refractivity contribution is -0.0497. The first kappa shape index (κ1) is 10.2. The van der Waals surface area contributed by atoms with Gasteiger partial charge in [0, 0.05) is 11.9 Å². The van der Waals surface area contributed by atoms with E-state index < -0.39 is 6.61 Å². The molecule has 1 aromatic heterocycles. The average Bonchev–Trinajstić information content (AvgIpc) is 2.63. The van der Waals surface area contributed by atoms with Crippen LogP contribution in [-0.2, 0) is 5.88 Å². The van der Waals surface area contributed by atoms with Gasteiger partial charge in [0.05, 0.1) is 17.4 Å². The maximum absolute atomic E-state index is 12.0. The second kappa shape index (κ2) is 4.02. The number of alkyl halides is 3. The molecular formula is C9H7ClF2N2O. The molecule has 0 amide bonds. The van der Waals surface area contributed by atoms with Crippen molar-refractivity contribution < 1.29 is 13.5 Å². The Morgan fingerprint density at radius 2 is 2.27 bits per heavy atom. The number of aromatic nitrogens is 2. The topological polar surface area (TPSA) is 37.9 Å². The van der Waals surface area contributed by atoms with Crippen LogP contribution >= 0.6 is 11.6 Å². The molecule has 0 radical (unpaired) electrons. The van der Waals surface area contributed by atoms with Crippen LogP contribution in [0.5, 0.6) is 5.75 Å². The van der Waals surface area contributed by atoms with Crippen molar-refractivity contribution in [3.8, 4) is 5.75 Å². The normalized spacial score (nSPS) is 11.2. The Morgan fingerprint density at radius 3 is 2.93 bits per heavy atom. The van der Waals surface area contributed by atoms with Crippen molar-refractivity contribution in [3.63, 3.8) is 0 Å². The highest BCUT2D eigenvalue weighted by molar-refractivity contribution is 6.17. The van der Waals surface area contributed by atoms with Crippen molar-refractivity contribution in [2.75, 3.05) is 0 Å². The predicted octanol–water partition coefficient (Wildman–Crippen LogP) is 2.90. The molecule has 0 aliphatic rings. The predicted molar refractivity (Wildman–Crippen MR) is 52.3 cm³/mol. The van der Waals surface area contributed by atoms with Crippen molar-refractivity contribution in [1.29, 1.82) is 0 Å². The molecule has 0 atom stereocenters. The van der Waals surface area contributed by atoms with E-state index in [-0.39, 0.29) is 11.6 Å². The van der Waals surface area contributed by atoms with Crippen LogP contribution in [0.4, 0.5) is 8.78 Å². The molecule has 0 bridgehead atoms. The third kappa shape index (κ3) is 2.02. The average molecular weight is 233 g/mol. The van der Waals surface area contributed by atoms with Gasteiger partial charge in [-0.25, -0.2) is 4.98 Å². The van der Waals surface area contributed by atoms with Crippen LogP contribution in [0.3, 0.4) is 0 Å². The Kier molecular flexibility index (Phi) is 2.73. The van der Waals surface area contributed by atoms with Gasteiger partial charge in [0.25, 0.3) is 0 Å². The summed E-state index contributed by atoms with van der Waals surface area (Å²) < 4.78 is 28.3. The summed E-state index contributed by atoms with van der Waals surface area (Å²) in [5.74, 6) is 0.277. The van der Waals surface area contributed by atoms with Gasteiger partial charge in [-0.05, 0) is 11.6 Å². The van der Waals surface area contributed by atoms with Gasteiger partial charge in [-0.3, -0.25) is 0 Å². The van der Waals surface area contributed by atoms with Crippen LogP contribution < -0.4 is 4.74 Å². The van der Waals surface area contributed by atoms with Gasteiger partial charge in [0.15, 0.2) is 0 Å². The Bertz CT molecular complexity index is 472. The van der Waals surface area contributed by atoms with Crippen LogP contribution in [0.25, 0.3) is 11.0 Å². The number of rotatable bonds is 3. The van der Waals surface area contributed by atoms with E-state index in [9.17, 15) is 8.78 Å². The standard InChI is InChI=1S/C9H7ClF2N2O/c10-3-5-1-6(15-9(11)12)2-7-8(5)14-4-13-7/h1-2,4,9H,3H2,(H,13,14). The van der Waals surface area contributed by atoms with Gasteiger partial charge >= 0.3 is 6.61 Å².